The van der Waals surface area contributed by atoms with Crippen LogP contribution in [0.2, 0.25) is 0 Å². The van der Waals surface area contributed by atoms with Gasteiger partial charge in [-0.15, -0.1) is 0 Å². The molecule has 3 heteroatoms. The lowest BCUT2D eigenvalue weighted by Crippen LogP contribution is -2.23. The summed E-state index contributed by atoms with van der Waals surface area (Å²) in [5.74, 6) is 0. The molecule has 1 atom stereocenters. The van der Waals surface area contributed by atoms with Crippen LogP contribution in [0.4, 0.5) is 0 Å². The van der Waals surface area contributed by atoms with Crippen molar-refractivity contribution in [3.8, 4) is 6.07 Å². The van der Waals surface area contributed by atoms with Crippen molar-refractivity contribution in [1.82, 2.24) is 0 Å². The van der Waals surface area contributed by atoms with E-state index in [2.05, 4.69) is 22.0 Å². The number of benzene rings is 1. The van der Waals surface area contributed by atoms with Crippen LogP contribution in [0.25, 0.3) is 0 Å². The lowest BCUT2D eigenvalue weighted by molar-refractivity contribution is 0.186. The number of hydrogen-bond donors (Lipinski definition) is 0. The van der Waals surface area contributed by atoms with E-state index in [1.165, 1.54) is 0 Å². The van der Waals surface area contributed by atoms with Crippen LogP contribution in [0.1, 0.15) is 12.0 Å². The van der Waals surface area contributed by atoms with Gasteiger partial charge < -0.3 is 4.74 Å². The Bertz CT molecular complexity index is 360. The molecule has 0 spiro atoms. The fourth-order valence-electron chi connectivity index (χ4n) is 1.71. The van der Waals surface area contributed by atoms with Crippen molar-refractivity contribution in [2.75, 3.05) is 13.2 Å². The van der Waals surface area contributed by atoms with Gasteiger partial charge in [0.05, 0.1) is 12.7 Å². The number of hydrogen-bond acceptors (Lipinski definition) is 2. The second kappa shape index (κ2) is 3.72. The van der Waals surface area contributed by atoms with Gasteiger partial charge in [-0.05, 0) is 24.1 Å². The monoisotopic (exact) mass is 251 g/mol. The second-order valence-electron chi connectivity index (χ2n) is 3.50. The van der Waals surface area contributed by atoms with Crippen LogP contribution < -0.4 is 0 Å². The Morgan fingerprint density at radius 3 is 2.57 bits per heavy atom. The minimum absolute atomic E-state index is 0.416. The number of ether oxygens (including phenoxy) is 1. The van der Waals surface area contributed by atoms with Crippen molar-refractivity contribution in [1.29, 1.82) is 5.26 Å². The molecule has 1 saturated heterocycles. The highest BCUT2D eigenvalue weighted by Crippen LogP contribution is 2.32. The topological polar surface area (TPSA) is 33.0 Å². The van der Waals surface area contributed by atoms with Crippen molar-refractivity contribution in [2.24, 2.45) is 0 Å². The summed E-state index contributed by atoms with van der Waals surface area (Å²) in [5.41, 5.74) is 0.640. The van der Waals surface area contributed by atoms with Gasteiger partial charge >= 0.3 is 0 Å². The molecule has 0 amide bonds. The van der Waals surface area contributed by atoms with Gasteiger partial charge in [-0.1, -0.05) is 28.1 Å². The molecule has 0 unspecified atom stereocenters. The van der Waals surface area contributed by atoms with E-state index in [0.29, 0.717) is 13.2 Å². The predicted octanol–water partition coefficient (Wildman–Crippen LogP) is 2.63. The summed E-state index contributed by atoms with van der Waals surface area (Å²) in [5, 5.41) is 9.20. The first-order valence-electron chi connectivity index (χ1n) is 4.52. The third-order valence-electron chi connectivity index (χ3n) is 2.63. The van der Waals surface area contributed by atoms with Gasteiger partial charge in [0, 0.05) is 11.1 Å². The molecule has 1 aromatic carbocycles. The smallest absolute Gasteiger partial charge is 0.108 e. The summed E-state index contributed by atoms with van der Waals surface area (Å²) in [6.45, 7) is 1.20. The Morgan fingerprint density at radius 1 is 1.36 bits per heavy atom. The average Bonchev–Trinajstić information content (AvgIpc) is 2.68. The van der Waals surface area contributed by atoms with Gasteiger partial charge in [-0.25, -0.2) is 0 Å². The summed E-state index contributed by atoms with van der Waals surface area (Å²) in [4.78, 5) is 0. The molecule has 0 N–H and O–H groups in total. The van der Waals surface area contributed by atoms with Crippen molar-refractivity contribution in [3.05, 3.63) is 34.3 Å². The van der Waals surface area contributed by atoms with E-state index < -0.39 is 5.41 Å². The van der Waals surface area contributed by atoms with E-state index in [4.69, 9.17) is 4.74 Å². The third kappa shape index (κ3) is 1.56. The van der Waals surface area contributed by atoms with Crippen molar-refractivity contribution < 1.29 is 4.74 Å². The lowest BCUT2D eigenvalue weighted by atomic mass is 9.81. The summed E-state index contributed by atoms with van der Waals surface area (Å²) in [7, 11) is 0. The highest BCUT2D eigenvalue weighted by molar-refractivity contribution is 9.10. The normalized spacial score (nSPS) is 26.0. The molecule has 0 aromatic heterocycles. The van der Waals surface area contributed by atoms with Gasteiger partial charge in [-0.2, -0.15) is 5.26 Å². The quantitative estimate of drug-likeness (QED) is 0.769. The number of rotatable bonds is 1. The maximum Gasteiger partial charge on any atom is 0.108 e. The zero-order valence-electron chi connectivity index (χ0n) is 7.66. The molecule has 0 saturated carbocycles. The summed E-state index contributed by atoms with van der Waals surface area (Å²) < 4.78 is 6.34. The molecule has 0 radical (unpaired) electrons. The molecular formula is C11H10BrNO. The second-order valence-corrected chi connectivity index (χ2v) is 4.42. The minimum Gasteiger partial charge on any atom is -0.379 e. The molecule has 2 rings (SSSR count). The predicted molar refractivity (Wildman–Crippen MR) is 56.9 cm³/mol. The summed E-state index contributed by atoms with van der Waals surface area (Å²) in [6.07, 6.45) is 0.797. The summed E-state index contributed by atoms with van der Waals surface area (Å²) in [6, 6.07) is 10.3. The number of nitriles is 1. The molecule has 1 fully saturated rings. The fraction of sp³-hybridized carbons (Fsp3) is 0.364. The van der Waals surface area contributed by atoms with Crippen molar-refractivity contribution in [3.63, 3.8) is 0 Å². The van der Waals surface area contributed by atoms with Crippen LogP contribution in [-0.2, 0) is 10.2 Å². The van der Waals surface area contributed by atoms with Gasteiger partial charge in [0.2, 0.25) is 0 Å². The highest BCUT2D eigenvalue weighted by atomic mass is 79.9. The van der Waals surface area contributed by atoms with Gasteiger partial charge in [0.1, 0.15) is 5.41 Å². The zero-order valence-corrected chi connectivity index (χ0v) is 9.25. The van der Waals surface area contributed by atoms with Crippen LogP contribution >= 0.6 is 15.9 Å². The Hall–Kier alpha value is -0.850. The average molecular weight is 252 g/mol. The first kappa shape index (κ1) is 9.70. The molecule has 1 aliphatic rings. The highest BCUT2D eigenvalue weighted by Gasteiger charge is 2.36. The first-order valence-corrected chi connectivity index (χ1v) is 5.31. The van der Waals surface area contributed by atoms with E-state index in [1.54, 1.807) is 0 Å². The number of nitrogens with zero attached hydrogens (tertiary/aromatic N) is 1. The Morgan fingerprint density at radius 2 is 2.07 bits per heavy atom. The molecule has 0 bridgehead atoms. The lowest BCUT2D eigenvalue weighted by Gasteiger charge is -2.18. The molecular weight excluding hydrogens is 242 g/mol. The van der Waals surface area contributed by atoms with Crippen molar-refractivity contribution >= 4 is 15.9 Å². The Kier molecular flexibility index (Phi) is 2.58. The SMILES string of the molecule is N#C[C@@]1(c2ccc(Br)cc2)CCOC1. The summed E-state index contributed by atoms with van der Waals surface area (Å²) >= 11 is 3.38. The van der Waals surface area contributed by atoms with Crippen LogP contribution in [0.3, 0.4) is 0 Å². The molecule has 0 aliphatic carbocycles. The molecule has 72 valence electrons. The first-order chi connectivity index (χ1) is 6.77. The largest absolute Gasteiger partial charge is 0.379 e. The molecule has 1 heterocycles. The van der Waals surface area contributed by atoms with E-state index in [9.17, 15) is 5.26 Å². The molecule has 2 nitrogen and oxygen atoms in total. The van der Waals surface area contributed by atoms with E-state index >= 15 is 0 Å². The van der Waals surface area contributed by atoms with E-state index in [0.717, 1.165) is 16.5 Å². The minimum atomic E-state index is -0.416. The van der Waals surface area contributed by atoms with Crippen LogP contribution in [0.15, 0.2) is 28.7 Å². The maximum absolute atomic E-state index is 9.20. The van der Waals surface area contributed by atoms with Crippen molar-refractivity contribution in [2.45, 2.75) is 11.8 Å². The maximum atomic E-state index is 9.20. The zero-order chi connectivity index (χ0) is 10.0. The van der Waals surface area contributed by atoms with E-state index in [1.807, 2.05) is 24.3 Å². The molecule has 1 aliphatic heterocycles. The van der Waals surface area contributed by atoms with Crippen LogP contribution in [0, 0.1) is 11.3 Å². The van der Waals surface area contributed by atoms with Gasteiger partial charge in [-0.3, -0.25) is 0 Å². The Balaban J connectivity index is 2.37. The van der Waals surface area contributed by atoms with Gasteiger partial charge in [0.25, 0.3) is 0 Å². The fourth-order valence-corrected chi connectivity index (χ4v) is 1.98. The van der Waals surface area contributed by atoms with Crippen LogP contribution in [0.5, 0.6) is 0 Å². The third-order valence-corrected chi connectivity index (χ3v) is 3.16. The molecule has 1 aromatic rings. The molecule has 14 heavy (non-hydrogen) atoms. The van der Waals surface area contributed by atoms with E-state index in [-0.39, 0.29) is 0 Å². The standard InChI is InChI=1S/C11H10BrNO/c12-10-3-1-9(2-4-10)11(7-13)5-6-14-8-11/h1-4H,5-6,8H2/t11-/m0/s1. The van der Waals surface area contributed by atoms with Gasteiger partial charge in [0.15, 0.2) is 0 Å². The van der Waals surface area contributed by atoms with Crippen LogP contribution in [-0.4, -0.2) is 13.2 Å². The Labute approximate surface area is 91.6 Å². The number of halogens is 1.